The zero-order valence-corrected chi connectivity index (χ0v) is 19.6. The first-order valence-electron chi connectivity index (χ1n) is 10.9. The number of halogens is 2. The maximum atomic E-state index is 14.5. The van der Waals surface area contributed by atoms with Crippen LogP contribution in [-0.4, -0.2) is 23.9 Å². The van der Waals surface area contributed by atoms with Crippen LogP contribution in [0.1, 0.15) is 27.2 Å². The molecule has 35 heavy (non-hydrogen) atoms. The molecule has 0 radical (unpaired) electrons. The van der Waals surface area contributed by atoms with Gasteiger partial charge in [0.15, 0.2) is 0 Å². The molecule has 0 spiro atoms. The summed E-state index contributed by atoms with van der Waals surface area (Å²) < 4.78 is 20.2. The molecule has 9 heteroatoms. The number of nitrogens with two attached hydrogens (primary N) is 1. The van der Waals surface area contributed by atoms with E-state index in [0.29, 0.717) is 34.8 Å². The summed E-state index contributed by atoms with van der Waals surface area (Å²) in [5.41, 5.74) is 9.08. The minimum absolute atomic E-state index is 0.0606. The second kappa shape index (κ2) is 8.96. The van der Waals surface area contributed by atoms with Crippen molar-refractivity contribution in [3.8, 4) is 0 Å². The number of rotatable bonds is 5. The second-order valence-corrected chi connectivity index (χ2v) is 8.87. The van der Waals surface area contributed by atoms with Gasteiger partial charge in [-0.25, -0.2) is 9.18 Å². The van der Waals surface area contributed by atoms with Gasteiger partial charge in [0.1, 0.15) is 17.2 Å². The number of nitrogens with one attached hydrogen (secondary N) is 1. The normalized spacial score (nSPS) is 13.3. The highest BCUT2D eigenvalue weighted by atomic mass is 35.5. The highest BCUT2D eigenvalue weighted by Gasteiger charge is 2.30. The van der Waals surface area contributed by atoms with Crippen LogP contribution in [0.2, 0.25) is 5.02 Å². The fourth-order valence-corrected chi connectivity index (χ4v) is 4.41. The number of carbonyl (C=O) groups excluding carboxylic acids is 2. The van der Waals surface area contributed by atoms with Crippen LogP contribution in [0, 0.1) is 5.82 Å². The lowest BCUT2D eigenvalue weighted by Gasteiger charge is -2.35. The zero-order chi connectivity index (χ0) is 24.7. The third-order valence-electron chi connectivity index (χ3n) is 6.00. The standard InChI is InChI=1S/C26H22ClFN4O3/c1-31-13-16-6-5-15(25(33)30-12-19-10-17-9-18(29)7-8-24(17)35-19)11-23(16)32(26(31)34)14-20-21(27)3-2-4-22(20)28/h2-11H,12-14,29H2,1H3,(H,30,33). The number of anilines is 2. The molecule has 3 N–H and O–H groups in total. The van der Waals surface area contributed by atoms with Crippen molar-refractivity contribution < 1.29 is 18.4 Å². The van der Waals surface area contributed by atoms with Crippen LogP contribution in [0.25, 0.3) is 11.0 Å². The van der Waals surface area contributed by atoms with E-state index in [1.807, 2.05) is 6.07 Å². The fourth-order valence-electron chi connectivity index (χ4n) is 4.19. The Kier molecular flexibility index (Phi) is 5.82. The maximum Gasteiger partial charge on any atom is 0.324 e. The Labute approximate surface area is 205 Å². The Morgan fingerprint density at radius 3 is 2.80 bits per heavy atom. The molecule has 3 amide bonds. The van der Waals surface area contributed by atoms with E-state index in [1.54, 1.807) is 49.5 Å². The van der Waals surface area contributed by atoms with Crippen molar-refractivity contribution in [1.82, 2.24) is 10.2 Å². The molecule has 5 rings (SSSR count). The van der Waals surface area contributed by atoms with Gasteiger partial charge in [0.05, 0.1) is 18.8 Å². The highest BCUT2D eigenvalue weighted by Crippen LogP contribution is 2.32. The summed E-state index contributed by atoms with van der Waals surface area (Å²) in [5, 5.41) is 3.93. The van der Waals surface area contributed by atoms with Gasteiger partial charge in [-0.05, 0) is 54.1 Å². The quantitative estimate of drug-likeness (QED) is 0.369. The van der Waals surface area contributed by atoms with E-state index in [2.05, 4.69) is 5.32 Å². The van der Waals surface area contributed by atoms with Crippen molar-refractivity contribution in [2.75, 3.05) is 17.7 Å². The van der Waals surface area contributed by atoms with Crippen LogP contribution in [-0.2, 0) is 19.6 Å². The third-order valence-corrected chi connectivity index (χ3v) is 6.35. The Hall–Kier alpha value is -4.04. The van der Waals surface area contributed by atoms with Crippen molar-refractivity contribution in [2.45, 2.75) is 19.6 Å². The average molecular weight is 493 g/mol. The topological polar surface area (TPSA) is 91.8 Å². The molecular formula is C26H22ClFN4O3. The highest BCUT2D eigenvalue weighted by molar-refractivity contribution is 6.31. The van der Waals surface area contributed by atoms with E-state index in [1.165, 1.54) is 21.9 Å². The largest absolute Gasteiger partial charge is 0.459 e. The molecule has 1 aliphatic heterocycles. The van der Waals surface area contributed by atoms with Gasteiger partial charge < -0.3 is 20.4 Å². The number of nitrogens with zero attached hydrogens (tertiary/aromatic N) is 2. The first-order valence-corrected chi connectivity index (χ1v) is 11.3. The predicted octanol–water partition coefficient (Wildman–Crippen LogP) is 5.31. The van der Waals surface area contributed by atoms with E-state index in [0.717, 1.165) is 10.9 Å². The second-order valence-electron chi connectivity index (χ2n) is 8.46. The van der Waals surface area contributed by atoms with Crippen molar-refractivity contribution in [1.29, 1.82) is 0 Å². The van der Waals surface area contributed by atoms with Crippen LogP contribution in [0.3, 0.4) is 0 Å². The summed E-state index contributed by atoms with van der Waals surface area (Å²) in [6.45, 7) is 0.495. The summed E-state index contributed by atoms with van der Waals surface area (Å²) in [4.78, 5) is 28.9. The molecule has 0 bridgehead atoms. The maximum absolute atomic E-state index is 14.5. The number of amides is 3. The van der Waals surface area contributed by atoms with E-state index in [9.17, 15) is 14.0 Å². The number of furan rings is 1. The molecule has 0 saturated heterocycles. The summed E-state index contributed by atoms with van der Waals surface area (Å²) in [7, 11) is 1.67. The van der Waals surface area contributed by atoms with Gasteiger partial charge in [0.25, 0.3) is 5.91 Å². The minimum atomic E-state index is -0.499. The van der Waals surface area contributed by atoms with E-state index < -0.39 is 5.82 Å². The monoisotopic (exact) mass is 492 g/mol. The van der Waals surface area contributed by atoms with Gasteiger partial charge in [-0.15, -0.1) is 0 Å². The lowest BCUT2D eigenvalue weighted by atomic mass is 10.0. The molecule has 178 valence electrons. The fraction of sp³-hybridized carbons (Fsp3) is 0.154. The zero-order valence-electron chi connectivity index (χ0n) is 18.8. The number of fused-ring (bicyclic) bond motifs is 2. The average Bonchev–Trinajstić information content (AvgIpc) is 3.24. The molecule has 1 aliphatic rings. The van der Waals surface area contributed by atoms with Crippen LogP contribution < -0.4 is 16.0 Å². The van der Waals surface area contributed by atoms with Crippen LogP contribution in [0.4, 0.5) is 20.6 Å². The Morgan fingerprint density at radius 2 is 2.00 bits per heavy atom. The van der Waals surface area contributed by atoms with Crippen molar-refractivity contribution in [2.24, 2.45) is 0 Å². The molecule has 0 aliphatic carbocycles. The molecule has 0 unspecified atom stereocenters. The Bertz CT molecular complexity index is 1450. The first kappa shape index (κ1) is 22.7. The van der Waals surface area contributed by atoms with E-state index in [-0.39, 0.29) is 35.6 Å². The number of hydrogen-bond acceptors (Lipinski definition) is 4. The molecule has 3 aromatic carbocycles. The smallest absolute Gasteiger partial charge is 0.324 e. The number of benzene rings is 3. The number of hydrogen-bond donors (Lipinski definition) is 2. The predicted molar refractivity (Wildman–Crippen MR) is 133 cm³/mol. The van der Waals surface area contributed by atoms with Crippen molar-refractivity contribution in [3.05, 3.63) is 94.0 Å². The van der Waals surface area contributed by atoms with Gasteiger partial charge in [-0.3, -0.25) is 9.69 Å². The molecular weight excluding hydrogens is 471 g/mol. The first-order chi connectivity index (χ1) is 16.8. The Balaban J connectivity index is 1.39. The van der Waals surface area contributed by atoms with Crippen molar-refractivity contribution >= 4 is 45.9 Å². The summed E-state index contributed by atoms with van der Waals surface area (Å²) in [6, 6.07) is 16.4. The molecule has 2 heterocycles. The van der Waals surface area contributed by atoms with E-state index >= 15 is 0 Å². The molecule has 0 saturated carbocycles. The molecule has 4 aromatic rings. The number of nitrogen functional groups attached to an aromatic ring is 1. The van der Waals surface area contributed by atoms with Gasteiger partial charge in [0, 0.05) is 40.8 Å². The summed E-state index contributed by atoms with van der Waals surface area (Å²) >= 11 is 6.21. The van der Waals surface area contributed by atoms with Crippen molar-refractivity contribution in [3.63, 3.8) is 0 Å². The molecule has 1 aromatic heterocycles. The van der Waals surface area contributed by atoms with Crippen LogP contribution >= 0.6 is 11.6 Å². The molecule has 0 atom stereocenters. The summed E-state index contributed by atoms with van der Waals surface area (Å²) in [6.07, 6.45) is 0. The van der Waals surface area contributed by atoms with Crippen LogP contribution in [0.15, 0.2) is 65.1 Å². The Morgan fingerprint density at radius 1 is 1.17 bits per heavy atom. The third kappa shape index (κ3) is 4.40. The van der Waals surface area contributed by atoms with Gasteiger partial charge in [-0.1, -0.05) is 23.7 Å². The number of urea groups is 1. The van der Waals surface area contributed by atoms with E-state index in [4.69, 9.17) is 21.8 Å². The number of carbonyl (C=O) groups is 2. The molecule has 0 fully saturated rings. The molecule has 7 nitrogen and oxygen atoms in total. The van der Waals surface area contributed by atoms with Gasteiger partial charge in [0.2, 0.25) is 0 Å². The SMILES string of the molecule is CN1Cc2ccc(C(=O)NCc3cc4cc(N)ccc4o3)cc2N(Cc2c(F)cccc2Cl)C1=O. The minimum Gasteiger partial charge on any atom is -0.459 e. The van der Waals surface area contributed by atoms with Gasteiger partial charge in [-0.2, -0.15) is 0 Å². The van der Waals surface area contributed by atoms with Crippen LogP contribution in [0.5, 0.6) is 0 Å². The lowest BCUT2D eigenvalue weighted by molar-refractivity contribution is 0.0948. The van der Waals surface area contributed by atoms with Gasteiger partial charge >= 0.3 is 6.03 Å². The summed E-state index contributed by atoms with van der Waals surface area (Å²) in [5.74, 6) is -0.242. The lowest BCUT2D eigenvalue weighted by Crippen LogP contribution is -2.45.